The van der Waals surface area contributed by atoms with Gasteiger partial charge in [-0.05, 0) is 25.0 Å². The van der Waals surface area contributed by atoms with Gasteiger partial charge in [-0.15, -0.1) is 11.3 Å². The molecule has 0 aliphatic carbocycles. The number of hydrogen-bond donors (Lipinski definition) is 0. The first-order chi connectivity index (χ1) is 10.6. The third-order valence-electron chi connectivity index (χ3n) is 3.58. The fourth-order valence-electron chi connectivity index (χ4n) is 2.41. The van der Waals surface area contributed by atoms with Crippen LogP contribution in [0.5, 0.6) is 0 Å². The average molecular weight is 343 g/mol. The molecule has 3 nitrogen and oxygen atoms in total. The Bertz CT molecular complexity index is 664. The maximum atomic E-state index is 13.7. The highest BCUT2D eigenvalue weighted by molar-refractivity contribution is 7.85. The van der Waals surface area contributed by atoms with Gasteiger partial charge in [0, 0.05) is 34.6 Å². The zero-order valence-electron chi connectivity index (χ0n) is 11.8. The van der Waals surface area contributed by atoms with Crippen molar-refractivity contribution in [1.82, 2.24) is 4.98 Å². The molecule has 118 valence electrons. The standard InChI is InChI=1S/C15H15F2NO2S2/c16-11-2-1-3-12(17)15(11)13-8-21-14(18-13)9-22(19)10-4-6-20-7-5-10/h1-3,8,10H,4-7,9H2/t22-/m1/s1. The lowest BCUT2D eigenvalue weighted by Gasteiger charge is -2.20. The summed E-state index contributed by atoms with van der Waals surface area (Å²) in [4.78, 5) is 4.25. The van der Waals surface area contributed by atoms with Crippen molar-refractivity contribution >= 4 is 22.1 Å². The van der Waals surface area contributed by atoms with Crippen molar-refractivity contribution in [2.24, 2.45) is 0 Å². The average Bonchev–Trinajstić information content (AvgIpc) is 2.96. The van der Waals surface area contributed by atoms with Crippen LogP contribution in [0.3, 0.4) is 0 Å². The van der Waals surface area contributed by atoms with Crippen LogP contribution in [-0.4, -0.2) is 27.7 Å². The van der Waals surface area contributed by atoms with Gasteiger partial charge in [-0.3, -0.25) is 4.21 Å². The minimum atomic E-state index is -1.03. The molecule has 3 rings (SSSR count). The molecule has 1 aromatic heterocycles. The lowest BCUT2D eigenvalue weighted by Crippen LogP contribution is -2.25. The van der Waals surface area contributed by atoms with E-state index in [-0.39, 0.29) is 16.5 Å². The summed E-state index contributed by atoms with van der Waals surface area (Å²) in [5.41, 5.74) is 0.140. The molecule has 2 heterocycles. The molecule has 0 unspecified atom stereocenters. The second kappa shape index (κ2) is 6.93. The van der Waals surface area contributed by atoms with E-state index in [9.17, 15) is 13.0 Å². The van der Waals surface area contributed by atoms with Gasteiger partial charge in [0.25, 0.3) is 0 Å². The molecule has 1 aliphatic heterocycles. The van der Waals surface area contributed by atoms with Gasteiger partial charge in [0.15, 0.2) is 0 Å². The van der Waals surface area contributed by atoms with Crippen molar-refractivity contribution in [2.45, 2.75) is 23.8 Å². The second-order valence-electron chi connectivity index (χ2n) is 5.06. The van der Waals surface area contributed by atoms with Gasteiger partial charge in [-0.25, -0.2) is 13.8 Å². The summed E-state index contributed by atoms with van der Waals surface area (Å²) in [7, 11) is -1.03. The van der Waals surface area contributed by atoms with Gasteiger partial charge < -0.3 is 4.74 Å². The van der Waals surface area contributed by atoms with E-state index in [1.54, 1.807) is 5.38 Å². The zero-order valence-corrected chi connectivity index (χ0v) is 13.4. The van der Waals surface area contributed by atoms with Crippen LogP contribution in [0.4, 0.5) is 8.78 Å². The molecule has 0 amide bonds. The number of rotatable bonds is 4. The Morgan fingerprint density at radius 2 is 1.95 bits per heavy atom. The number of aromatic nitrogens is 1. The van der Waals surface area contributed by atoms with Crippen LogP contribution in [-0.2, 0) is 21.3 Å². The van der Waals surface area contributed by atoms with Gasteiger partial charge in [-0.1, -0.05) is 6.07 Å². The van der Waals surface area contributed by atoms with E-state index in [1.807, 2.05) is 0 Å². The molecule has 1 fully saturated rings. The monoisotopic (exact) mass is 343 g/mol. The van der Waals surface area contributed by atoms with Crippen LogP contribution in [0.1, 0.15) is 17.8 Å². The van der Waals surface area contributed by atoms with Crippen LogP contribution in [0.15, 0.2) is 23.6 Å². The van der Waals surface area contributed by atoms with Crippen molar-refractivity contribution in [3.63, 3.8) is 0 Å². The SMILES string of the molecule is O=[S@](Cc1nc(-c2c(F)cccc2F)cs1)C1CCOCC1. The molecule has 0 spiro atoms. The second-order valence-corrected chi connectivity index (χ2v) is 7.72. The van der Waals surface area contributed by atoms with Crippen molar-refractivity contribution < 1.29 is 17.7 Å². The predicted octanol–water partition coefficient (Wildman–Crippen LogP) is 3.52. The first-order valence-corrected chi connectivity index (χ1v) is 9.25. The fourth-order valence-corrected chi connectivity index (χ4v) is 4.86. The maximum absolute atomic E-state index is 13.7. The molecule has 2 aromatic rings. The Kier molecular flexibility index (Phi) is 4.95. The molecule has 0 radical (unpaired) electrons. The van der Waals surface area contributed by atoms with Crippen molar-refractivity contribution in [1.29, 1.82) is 0 Å². The third-order valence-corrected chi connectivity index (χ3v) is 6.38. The lowest BCUT2D eigenvalue weighted by molar-refractivity contribution is 0.0992. The smallest absolute Gasteiger partial charge is 0.135 e. The molecular weight excluding hydrogens is 328 g/mol. The quantitative estimate of drug-likeness (QED) is 0.853. The molecule has 22 heavy (non-hydrogen) atoms. The highest BCUT2D eigenvalue weighted by Gasteiger charge is 2.22. The number of halogens is 2. The van der Waals surface area contributed by atoms with E-state index in [0.29, 0.717) is 24.0 Å². The van der Waals surface area contributed by atoms with Crippen LogP contribution in [0.2, 0.25) is 0 Å². The van der Waals surface area contributed by atoms with Gasteiger partial charge >= 0.3 is 0 Å². The number of hydrogen-bond acceptors (Lipinski definition) is 4. The molecular formula is C15H15F2NO2S2. The Morgan fingerprint density at radius 1 is 1.27 bits per heavy atom. The van der Waals surface area contributed by atoms with E-state index in [1.165, 1.54) is 29.5 Å². The first kappa shape index (κ1) is 15.7. The first-order valence-electron chi connectivity index (χ1n) is 6.99. The summed E-state index contributed by atoms with van der Waals surface area (Å²) in [5, 5.41) is 2.37. The zero-order chi connectivity index (χ0) is 15.5. The number of thiazole rings is 1. The van der Waals surface area contributed by atoms with Crippen LogP contribution >= 0.6 is 11.3 Å². The van der Waals surface area contributed by atoms with E-state index >= 15 is 0 Å². The normalized spacial score (nSPS) is 17.5. The summed E-state index contributed by atoms with van der Waals surface area (Å²) in [6, 6.07) is 3.73. The summed E-state index contributed by atoms with van der Waals surface area (Å²) in [6.07, 6.45) is 1.57. The molecule has 1 aliphatic rings. The number of benzene rings is 1. The number of nitrogens with zero attached hydrogens (tertiary/aromatic N) is 1. The van der Waals surface area contributed by atoms with E-state index < -0.39 is 22.4 Å². The Morgan fingerprint density at radius 3 is 2.64 bits per heavy atom. The minimum absolute atomic E-state index is 0.117. The summed E-state index contributed by atoms with van der Waals surface area (Å²) < 4.78 is 45.1. The highest BCUT2D eigenvalue weighted by atomic mass is 32.2. The van der Waals surface area contributed by atoms with Crippen molar-refractivity contribution in [3.8, 4) is 11.3 Å². The van der Waals surface area contributed by atoms with E-state index in [2.05, 4.69) is 4.98 Å². The Hall–Kier alpha value is -1.18. The van der Waals surface area contributed by atoms with Crippen molar-refractivity contribution in [3.05, 3.63) is 40.2 Å². The molecule has 1 aromatic carbocycles. The topological polar surface area (TPSA) is 39.2 Å². The van der Waals surface area contributed by atoms with Gasteiger partial charge in [-0.2, -0.15) is 0 Å². The van der Waals surface area contributed by atoms with E-state index in [4.69, 9.17) is 4.74 Å². The molecule has 0 bridgehead atoms. The molecule has 1 saturated heterocycles. The summed E-state index contributed by atoms with van der Waals surface area (Å²) in [5.74, 6) is -0.949. The third kappa shape index (κ3) is 3.42. The van der Waals surface area contributed by atoms with Crippen molar-refractivity contribution in [2.75, 3.05) is 13.2 Å². The number of ether oxygens (including phenoxy) is 1. The van der Waals surface area contributed by atoms with Crippen LogP contribution < -0.4 is 0 Å². The fraction of sp³-hybridized carbons (Fsp3) is 0.400. The lowest BCUT2D eigenvalue weighted by atomic mass is 10.1. The van der Waals surface area contributed by atoms with Gasteiger partial charge in [0.2, 0.25) is 0 Å². The maximum Gasteiger partial charge on any atom is 0.135 e. The molecule has 0 saturated carbocycles. The summed E-state index contributed by atoms with van der Waals surface area (Å²) in [6.45, 7) is 1.28. The molecule has 0 N–H and O–H groups in total. The van der Waals surface area contributed by atoms with Gasteiger partial charge in [0.05, 0.1) is 17.0 Å². The molecule has 1 atom stereocenters. The summed E-state index contributed by atoms with van der Waals surface area (Å²) >= 11 is 1.29. The molecule has 7 heteroatoms. The predicted molar refractivity (Wildman–Crippen MR) is 83.2 cm³/mol. The highest BCUT2D eigenvalue weighted by Crippen LogP contribution is 2.28. The van der Waals surface area contributed by atoms with Gasteiger partial charge in [0.1, 0.15) is 16.6 Å². The Labute approximate surface area is 133 Å². The largest absolute Gasteiger partial charge is 0.381 e. The van der Waals surface area contributed by atoms with Crippen LogP contribution in [0, 0.1) is 11.6 Å². The van der Waals surface area contributed by atoms with E-state index in [0.717, 1.165) is 12.8 Å². The minimum Gasteiger partial charge on any atom is -0.381 e. The van der Waals surface area contributed by atoms with Crippen LogP contribution in [0.25, 0.3) is 11.3 Å². The Balaban J connectivity index is 1.75.